The lowest BCUT2D eigenvalue weighted by Gasteiger charge is -2.28. The Morgan fingerprint density at radius 3 is 1.81 bits per heavy atom. The second-order valence-corrected chi connectivity index (χ2v) is 12.7. The third-order valence-corrected chi connectivity index (χ3v) is 9.59. The van der Waals surface area contributed by atoms with Gasteiger partial charge in [0.2, 0.25) is 0 Å². The van der Waals surface area contributed by atoms with E-state index < -0.39 is 24.2 Å². The van der Waals surface area contributed by atoms with Gasteiger partial charge < -0.3 is 9.32 Å². The fraction of sp³-hybridized carbons (Fsp3) is 0. The van der Waals surface area contributed by atoms with Crippen LogP contribution in [0.1, 0.15) is 11.0 Å². The first kappa shape index (κ1) is 22.7. The van der Waals surface area contributed by atoms with Crippen molar-refractivity contribution in [3.8, 4) is 33.4 Å². The molecule has 0 fully saturated rings. The summed E-state index contributed by atoms with van der Waals surface area (Å²) >= 11 is 0. The number of fused-ring (bicyclic) bond motifs is 6. The predicted octanol–water partition coefficient (Wildman–Crippen LogP) is 14.4. The van der Waals surface area contributed by atoms with Crippen LogP contribution in [-0.2, 0) is 0 Å². The Bertz CT molecular complexity index is 3320. The molecule has 9 aromatic carbocycles. The van der Waals surface area contributed by atoms with Gasteiger partial charge in [-0.2, -0.15) is 0 Å². The zero-order valence-corrected chi connectivity index (χ0v) is 27.8. The van der Waals surface area contributed by atoms with Crippen molar-refractivity contribution in [1.82, 2.24) is 0 Å². The first-order valence-electron chi connectivity index (χ1n) is 21.1. The Morgan fingerprint density at radius 2 is 1.00 bits per heavy atom. The lowest BCUT2D eigenvalue weighted by Crippen LogP contribution is -2.11. The topological polar surface area (TPSA) is 16.4 Å². The van der Waals surface area contributed by atoms with E-state index in [4.69, 9.17) is 4.42 Å². The molecule has 0 spiro atoms. The van der Waals surface area contributed by atoms with Gasteiger partial charge in [0.05, 0.1) is 16.7 Å². The third kappa shape index (κ3) is 5.21. The van der Waals surface area contributed by atoms with Crippen LogP contribution >= 0.6 is 0 Å². The SMILES string of the molecule is [2H]c1c([2H])c(N(c2ccccc2-c2ccc3ccc4c5ccccc5oc4c3c2)c2c([2H])c([2H])c(-c3ccc4ccccc4c3)c([2H])c2[2H])c([2H])c([2H])c1-c1ccccc1. The van der Waals surface area contributed by atoms with Gasteiger partial charge in [-0.3, -0.25) is 0 Å². The van der Waals surface area contributed by atoms with Crippen molar-refractivity contribution in [2.24, 2.45) is 0 Å². The predicted molar refractivity (Wildman–Crippen MR) is 220 cm³/mol. The van der Waals surface area contributed by atoms with Gasteiger partial charge in [0.25, 0.3) is 0 Å². The number of hydrogen-bond donors (Lipinski definition) is 0. The molecule has 0 bridgehead atoms. The van der Waals surface area contributed by atoms with E-state index in [9.17, 15) is 11.0 Å². The molecule has 2 heteroatoms. The Balaban J connectivity index is 1.25. The van der Waals surface area contributed by atoms with E-state index in [1.165, 1.54) is 4.90 Å². The summed E-state index contributed by atoms with van der Waals surface area (Å²) in [4.78, 5) is 1.38. The number of benzene rings is 9. The number of rotatable bonds is 6. The molecular formula is C50H33NO. The van der Waals surface area contributed by atoms with E-state index >= 15 is 0 Å². The van der Waals surface area contributed by atoms with E-state index in [1.54, 1.807) is 42.5 Å². The molecule has 10 rings (SSSR count). The minimum atomic E-state index is -0.402. The molecule has 0 saturated heterocycles. The minimum absolute atomic E-state index is 0.107. The molecule has 2 nitrogen and oxygen atoms in total. The molecule has 0 aliphatic rings. The van der Waals surface area contributed by atoms with Gasteiger partial charge in [-0.15, -0.1) is 0 Å². The number of furan rings is 1. The summed E-state index contributed by atoms with van der Waals surface area (Å²) in [6, 6.07) is 44.3. The van der Waals surface area contributed by atoms with Crippen molar-refractivity contribution in [2.75, 3.05) is 4.90 Å². The fourth-order valence-electron chi connectivity index (χ4n) is 7.01. The average Bonchev–Trinajstić information content (AvgIpc) is 3.67. The molecular weight excluding hydrogens is 631 g/mol. The summed E-state index contributed by atoms with van der Waals surface area (Å²) in [7, 11) is 0. The summed E-state index contributed by atoms with van der Waals surface area (Å²) in [6.45, 7) is 0. The maximum absolute atomic E-state index is 9.61. The van der Waals surface area contributed by atoms with Crippen molar-refractivity contribution >= 4 is 60.5 Å². The maximum Gasteiger partial charge on any atom is 0.143 e. The summed E-state index contributed by atoms with van der Waals surface area (Å²) < 4.78 is 82.0. The molecule has 0 aliphatic heterocycles. The molecule has 1 aromatic heterocycles. The highest BCUT2D eigenvalue weighted by molar-refractivity contribution is 6.15. The number of anilines is 3. The summed E-state index contributed by atoms with van der Waals surface area (Å²) in [5.74, 6) is 0. The zero-order valence-electron chi connectivity index (χ0n) is 35.8. The molecule has 0 N–H and O–H groups in total. The lowest BCUT2D eigenvalue weighted by atomic mass is 9.97. The molecule has 0 saturated carbocycles. The van der Waals surface area contributed by atoms with Crippen LogP contribution in [0.5, 0.6) is 0 Å². The Morgan fingerprint density at radius 1 is 0.385 bits per heavy atom. The highest BCUT2D eigenvalue weighted by atomic mass is 16.3. The van der Waals surface area contributed by atoms with Crippen LogP contribution in [0.25, 0.3) is 76.9 Å². The second-order valence-electron chi connectivity index (χ2n) is 12.7. The molecule has 52 heavy (non-hydrogen) atoms. The second kappa shape index (κ2) is 12.5. The fourth-order valence-corrected chi connectivity index (χ4v) is 7.01. The van der Waals surface area contributed by atoms with Gasteiger partial charge in [0.15, 0.2) is 0 Å². The van der Waals surface area contributed by atoms with E-state index in [2.05, 4.69) is 0 Å². The highest BCUT2D eigenvalue weighted by Gasteiger charge is 2.19. The van der Waals surface area contributed by atoms with E-state index in [0.717, 1.165) is 43.5 Å². The Hall–Kier alpha value is -6.90. The third-order valence-electron chi connectivity index (χ3n) is 9.59. The largest absolute Gasteiger partial charge is 0.455 e. The van der Waals surface area contributed by atoms with Crippen LogP contribution in [-0.4, -0.2) is 0 Å². The van der Waals surface area contributed by atoms with Crippen LogP contribution in [0, 0.1) is 0 Å². The van der Waals surface area contributed by atoms with Crippen molar-refractivity contribution in [3.05, 3.63) is 200 Å². The molecule has 10 aromatic rings. The highest BCUT2D eigenvalue weighted by Crippen LogP contribution is 2.43. The van der Waals surface area contributed by atoms with Gasteiger partial charge in [0.1, 0.15) is 11.2 Å². The van der Waals surface area contributed by atoms with Gasteiger partial charge in [-0.1, -0.05) is 145 Å². The average molecular weight is 672 g/mol. The molecule has 1 heterocycles. The Kier molecular flexibility index (Phi) is 5.45. The minimum Gasteiger partial charge on any atom is -0.455 e. The van der Waals surface area contributed by atoms with Gasteiger partial charge in [-0.05, 0) is 98.5 Å². The van der Waals surface area contributed by atoms with Crippen LogP contribution < -0.4 is 4.90 Å². The van der Waals surface area contributed by atoms with E-state index in [0.29, 0.717) is 28.0 Å². The monoisotopic (exact) mass is 671 g/mol. The Labute approximate surface area is 313 Å². The number of para-hydroxylation sites is 2. The van der Waals surface area contributed by atoms with E-state index in [1.807, 2.05) is 109 Å². The molecule has 0 atom stereocenters. The smallest absolute Gasteiger partial charge is 0.143 e. The first-order valence-corrected chi connectivity index (χ1v) is 17.1. The molecule has 244 valence electrons. The number of nitrogens with zero attached hydrogens (tertiary/aromatic N) is 1. The van der Waals surface area contributed by atoms with Crippen LogP contribution in [0.3, 0.4) is 0 Å². The van der Waals surface area contributed by atoms with Crippen molar-refractivity contribution < 1.29 is 15.4 Å². The summed E-state index contributed by atoms with van der Waals surface area (Å²) in [5, 5.41) is 5.59. The molecule has 0 unspecified atom stereocenters. The van der Waals surface area contributed by atoms with E-state index in [-0.39, 0.29) is 46.7 Å². The normalized spacial score (nSPS) is 13.6. The van der Waals surface area contributed by atoms with Gasteiger partial charge in [-0.25, -0.2) is 0 Å². The molecule has 0 radical (unpaired) electrons. The maximum atomic E-state index is 9.61. The van der Waals surface area contributed by atoms with Crippen LogP contribution in [0.2, 0.25) is 0 Å². The first-order chi connectivity index (χ1) is 29.1. The van der Waals surface area contributed by atoms with Crippen LogP contribution in [0.4, 0.5) is 17.1 Å². The molecule has 0 amide bonds. The zero-order chi connectivity index (χ0) is 41.4. The summed E-state index contributed by atoms with van der Waals surface area (Å²) in [5.41, 5.74) is 3.92. The molecule has 0 aliphatic carbocycles. The van der Waals surface area contributed by atoms with Crippen molar-refractivity contribution in [1.29, 1.82) is 0 Å². The quantitative estimate of drug-likeness (QED) is 0.175. The lowest BCUT2D eigenvalue weighted by molar-refractivity contribution is 0.672. The standard InChI is InChI=1S/C50H33NO/c1-2-10-34(11-3-1)36-22-27-42(28-23-36)51(43-29-24-37(25-30-43)40-20-18-35-12-4-5-13-39(35)32-40)48-16-8-6-14-44(48)41-21-19-38-26-31-46-45-15-7-9-17-49(45)52-50(46)47(38)33-41/h1-33H/i22D,23D,24D,25D,27D,28D,29D,30D. The van der Waals surface area contributed by atoms with Crippen molar-refractivity contribution in [3.63, 3.8) is 0 Å². The van der Waals surface area contributed by atoms with Gasteiger partial charge in [0, 0.05) is 33.1 Å². The van der Waals surface area contributed by atoms with Gasteiger partial charge >= 0.3 is 0 Å². The van der Waals surface area contributed by atoms with Crippen LogP contribution in [0.15, 0.2) is 204 Å². The summed E-state index contributed by atoms with van der Waals surface area (Å²) in [6.07, 6.45) is 0. The number of hydrogen-bond acceptors (Lipinski definition) is 2. The van der Waals surface area contributed by atoms with Crippen molar-refractivity contribution in [2.45, 2.75) is 0 Å².